The van der Waals surface area contributed by atoms with Crippen molar-refractivity contribution in [1.29, 1.82) is 0 Å². The summed E-state index contributed by atoms with van der Waals surface area (Å²) in [7, 11) is 1.59. The number of hydrogen-bond donors (Lipinski definition) is 2. The van der Waals surface area contributed by atoms with E-state index in [4.69, 9.17) is 21.4 Å². The van der Waals surface area contributed by atoms with Crippen molar-refractivity contribution >= 4 is 23.2 Å². The molecule has 0 bridgehead atoms. The highest BCUT2D eigenvalue weighted by Gasteiger charge is 2.22. The van der Waals surface area contributed by atoms with E-state index >= 15 is 0 Å². The van der Waals surface area contributed by atoms with Crippen LogP contribution < -0.4 is 15.4 Å². The zero-order chi connectivity index (χ0) is 18.4. The molecule has 1 saturated heterocycles. The zero-order valence-electron chi connectivity index (χ0n) is 14.7. The fourth-order valence-electron chi connectivity index (χ4n) is 2.95. The lowest BCUT2D eigenvalue weighted by atomic mass is 10.0. The Hall–Kier alpha value is -2.54. The maximum atomic E-state index is 12.4. The number of rotatable bonds is 5. The van der Waals surface area contributed by atoms with Gasteiger partial charge >= 0.3 is 0 Å². The van der Waals surface area contributed by atoms with E-state index in [2.05, 4.69) is 15.5 Å². The summed E-state index contributed by atoms with van der Waals surface area (Å²) in [5, 5.41) is 7.03. The van der Waals surface area contributed by atoms with E-state index in [1.165, 1.54) is 0 Å². The molecule has 3 rings (SSSR count). The number of ether oxygens (including phenoxy) is 1. The molecule has 0 aliphatic carbocycles. The second-order valence-corrected chi connectivity index (χ2v) is 6.59. The number of nitrogens with one attached hydrogen (secondary N) is 2. The summed E-state index contributed by atoms with van der Waals surface area (Å²) < 4.78 is 10.5. The Morgan fingerprint density at radius 1 is 1.31 bits per heavy atom. The maximum Gasteiger partial charge on any atom is 0.251 e. The number of carbonyl (C=O) groups is 1. The summed E-state index contributed by atoms with van der Waals surface area (Å²) in [5.41, 5.74) is 0.613. The smallest absolute Gasteiger partial charge is 0.251 e. The van der Waals surface area contributed by atoms with Crippen LogP contribution in [0.3, 0.4) is 0 Å². The van der Waals surface area contributed by atoms with Crippen LogP contribution in [-0.4, -0.2) is 42.2 Å². The minimum absolute atomic E-state index is 0.0686. The van der Waals surface area contributed by atoms with Crippen LogP contribution in [0.25, 0.3) is 0 Å². The standard InChI is InChI=1S/C19H23N3O3S/c1-24-16-5-2-4-14(12-16)18(23)21-15-7-9-22(10-8-15)19(26)20-13-17-6-3-11-25-17/h2-6,11-12,15H,7-10,13H2,1H3,(H,20,26)(H,21,23). The predicted octanol–water partition coefficient (Wildman–Crippen LogP) is 2.56. The summed E-state index contributed by atoms with van der Waals surface area (Å²) in [6.07, 6.45) is 3.37. The quantitative estimate of drug-likeness (QED) is 0.786. The molecule has 26 heavy (non-hydrogen) atoms. The van der Waals surface area contributed by atoms with Crippen molar-refractivity contribution in [3.05, 3.63) is 54.0 Å². The number of likely N-dealkylation sites (tertiary alicyclic amines) is 1. The number of carbonyl (C=O) groups excluding carboxylic acids is 1. The molecule has 2 heterocycles. The average Bonchev–Trinajstić information content (AvgIpc) is 3.20. The van der Waals surface area contributed by atoms with Gasteiger partial charge in [0.25, 0.3) is 5.91 Å². The monoisotopic (exact) mass is 373 g/mol. The molecular weight excluding hydrogens is 350 g/mol. The zero-order valence-corrected chi connectivity index (χ0v) is 15.6. The molecular formula is C19H23N3O3S. The van der Waals surface area contributed by atoms with Crippen molar-refractivity contribution in [2.75, 3.05) is 20.2 Å². The Balaban J connectivity index is 1.44. The van der Waals surface area contributed by atoms with Crippen LogP contribution in [0.2, 0.25) is 0 Å². The van der Waals surface area contributed by atoms with Crippen LogP contribution in [0.1, 0.15) is 29.0 Å². The molecule has 0 radical (unpaired) electrons. The van der Waals surface area contributed by atoms with Crippen molar-refractivity contribution in [2.24, 2.45) is 0 Å². The molecule has 7 heteroatoms. The van der Waals surface area contributed by atoms with E-state index in [1.807, 2.05) is 24.3 Å². The third-order valence-electron chi connectivity index (χ3n) is 4.44. The lowest BCUT2D eigenvalue weighted by molar-refractivity contribution is 0.0922. The highest BCUT2D eigenvalue weighted by atomic mass is 32.1. The van der Waals surface area contributed by atoms with Gasteiger partial charge in [-0.25, -0.2) is 0 Å². The molecule has 1 fully saturated rings. The molecule has 2 N–H and O–H groups in total. The van der Waals surface area contributed by atoms with Gasteiger partial charge in [-0.05, 0) is 55.4 Å². The minimum atomic E-state index is -0.0686. The molecule has 6 nitrogen and oxygen atoms in total. The lowest BCUT2D eigenvalue weighted by Gasteiger charge is -2.34. The van der Waals surface area contributed by atoms with Crippen molar-refractivity contribution in [2.45, 2.75) is 25.4 Å². The van der Waals surface area contributed by atoms with E-state index in [9.17, 15) is 4.79 Å². The Morgan fingerprint density at radius 2 is 2.12 bits per heavy atom. The molecule has 0 atom stereocenters. The number of nitrogens with zero attached hydrogens (tertiary/aromatic N) is 1. The first-order chi connectivity index (χ1) is 12.7. The van der Waals surface area contributed by atoms with Crippen LogP contribution >= 0.6 is 12.2 Å². The third-order valence-corrected chi connectivity index (χ3v) is 4.85. The van der Waals surface area contributed by atoms with Crippen LogP contribution in [0.4, 0.5) is 0 Å². The fourth-order valence-corrected chi connectivity index (χ4v) is 3.20. The highest BCUT2D eigenvalue weighted by molar-refractivity contribution is 7.80. The van der Waals surface area contributed by atoms with Crippen molar-refractivity contribution in [1.82, 2.24) is 15.5 Å². The summed E-state index contributed by atoms with van der Waals surface area (Å²) in [4.78, 5) is 14.5. The normalized spacial score (nSPS) is 14.7. The highest BCUT2D eigenvalue weighted by Crippen LogP contribution is 2.15. The molecule has 138 valence electrons. The van der Waals surface area contributed by atoms with Gasteiger partial charge in [0.15, 0.2) is 5.11 Å². The maximum absolute atomic E-state index is 12.4. The van der Waals surface area contributed by atoms with E-state index < -0.39 is 0 Å². The SMILES string of the molecule is COc1cccc(C(=O)NC2CCN(C(=S)NCc3ccco3)CC2)c1. The van der Waals surface area contributed by atoms with Gasteiger partial charge in [-0.1, -0.05) is 6.07 Å². The van der Waals surface area contributed by atoms with Crippen LogP contribution in [0, 0.1) is 0 Å². The Bertz CT molecular complexity index is 740. The van der Waals surface area contributed by atoms with Gasteiger partial charge in [-0.15, -0.1) is 0 Å². The van der Waals surface area contributed by atoms with E-state index in [0.717, 1.165) is 36.8 Å². The van der Waals surface area contributed by atoms with E-state index in [-0.39, 0.29) is 11.9 Å². The van der Waals surface area contributed by atoms with Gasteiger partial charge in [0.05, 0.1) is 19.9 Å². The van der Waals surface area contributed by atoms with E-state index in [0.29, 0.717) is 17.9 Å². The summed E-state index contributed by atoms with van der Waals surface area (Å²) in [6.45, 7) is 2.21. The molecule has 1 aromatic heterocycles. The number of amides is 1. The molecule has 0 saturated carbocycles. The predicted molar refractivity (Wildman–Crippen MR) is 103 cm³/mol. The van der Waals surface area contributed by atoms with Gasteiger partial charge in [0.2, 0.25) is 0 Å². The van der Waals surface area contributed by atoms with E-state index in [1.54, 1.807) is 25.5 Å². The van der Waals surface area contributed by atoms with Gasteiger partial charge in [0, 0.05) is 24.7 Å². The number of piperidine rings is 1. The summed E-state index contributed by atoms with van der Waals surface area (Å²) >= 11 is 5.45. The van der Waals surface area contributed by atoms with Gasteiger partial charge in [-0.2, -0.15) is 0 Å². The minimum Gasteiger partial charge on any atom is -0.497 e. The van der Waals surface area contributed by atoms with Crippen molar-refractivity contribution < 1.29 is 13.9 Å². The summed E-state index contributed by atoms with van der Waals surface area (Å²) in [5.74, 6) is 1.47. The Labute approximate surface area is 158 Å². The molecule has 0 unspecified atom stereocenters. The van der Waals surface area contributed by atoms with Crippen molar-refractivity contribution in [3.63, 3.8) is 0 Å². The molecule has 1 aliphatic heterocycles. The summed E-state index contributed by atoms with van der Waals surface area (Å²) in [6, 6.07) is 11.1. The van der Waals surface area contributed by atoms with Gasteiger partial charge in [-0.3, -0.25) is 4.79 Å². The molecule has 2 aromatic rings. The van der Waals surface area contributed by atoms with Crippen LogP contribution in [0.5, 0.6) is 5.75 Å². The van der Waals surface area contributed by atoms with Gasteiger partial charge in [0.1, 0.15) is 11.5 Å². The Kier molecular flexibility index (Phi) is 6.12. The van der Waals surface area contributed by atoms with Crippen LogP contribution in [0.15, 0.2) is 47.1 Å². The third kappa shape index (κ3) is 4.76. The largest absolute Gasteiger partial charge is 0.497 e. The topological polar surface area (TPSA) is 66.7 Å². The van der Waals surface area contributed by atoms with Crippen molar-refractivity contribution in [3.8, 4) is 5.75 Å². The fraction of sp³-hybridized carbons (Fsp3) is 0.368. The second kappa shape index (κ2) is 8.71. The number of hydrogen-bond acceptors (Lipinski definition) is 4. The van der Waals surface area contributed by atoms with Crippen LogP contribution in [-0.2, 0) is 6.54 Å². The number of furan rings is 1. The molecule has 1 aromatic carbocycles. The molecule has 0 spiro atoms. The number of methoxy groups -OCH3 is 1. The first-order valence-electron chi connectivity index (χ1n) is 8.66. The number of benzene rings is 1. The van der Waals surface area contributed by atoms with Gasteiger partial charge < -0.3 is 24.7 Å². The first-order valence-corrected chi connectivity index (χ1v) is 9.06. The average molecular weight is 373 g/mol. The Morgan fingerprint density at radius 3 is 2.81 bits per heavy atom. The lowest BCUT2D eigenvalue weighted by Crippen LogP contribution is -2.49. The number of thiocarbonyl (C=S) groups is 1. The second-order valence-electron chi connectivity index (χ2n) is 6.20. The molecule has 1 amide bonds. The molecule has 1 aliphatic rings. The first kappa shape index (κ1) is 18.3.